The number of aryl methyl sites for hydroxylation is 1. The van der Waals surface area contributed by atoms with Crippen molar-refractivity contribution in [2.75, 3.05) is 13.2 Å². The summed E-state index contributed by atoms with van der Waals surface area (Å²) in [6.07, 6.45) is 2.08. The van der Waals surface area contributed by atoms with Gasteiger partial charge in [0.25, 0.3) is 0 Å². The lowest BCUT2D eigenvalue weighted by Gasteiger charge is -2.22. The monoisotopic (exact) mass is 255 g/mol. The minimum Gasteiger partial charge on any atom is -0.493 e. The molecule has 0 aromatic heterocycles. The first-order valence-corrected chi connectivity index (χ1v) is 6.41. The number of halogens is 1. The van der Waals surface area contributed by atoms with Gasteiger partial charge in [0, 0.05) is 5.02 Å². The fourth-order valence-electron chi connectivity index (χ4n) is 1.56. The predicted molar refractivity (Wildman–Crippen MR) is 73.8 cm³/mol. The van der Waals surface area contributed by atoms with Crippen molar-refractivity contribution in [1.29, 1.82) is 0 Å². The van der Waals surface area contributed by atoms with Crippen LogP contribution in [0.5, 0.6) is 5.75 Å². The van der Waals surface area contributed by atoms with E-state index in [1.165, 1.54) is 0 Å². The average molecular weight is 256 g/mol. The van der Waals surface area contributed by atoms with E-state index in [9.17, 15) is 0 Å². The molecule has 3 heteroatoms. The van der Waals surface area contributed by atoms with Gasteiger partial charge < -0.3 is 10.5 Å². The molecule has 0 unspecified atom stereocenters. The standard InChI is InChI=1S/C14H22ClNO/c1-11-5-6-12(15)9-13(11)17-8-4-7-14(2,3)10-16/h5-6,9H,4,7-8,10,16H2,1-3H3. The first-order valence-electron chi connectivity index (χ1n) is 6.04. The van der Waals surface area contributed by atoms with E-state index >= 15 is 0 Å². The predicted octanol–water partition coefficient (Wildman–Crippen LogP) is 3.79. The van der Waals surface area contributed by atoms with E-state index in [4.69, 9.17) is 22.1 Å². The highest BCUT2D eigenvalue weighted by atomic mass is 35.5. The van der Waals surface area contributed by atoms with Gasteiger partial charge in [-0.15, -0.1) is 0 Å². The normalized spacial score (nSPS) is 11.6. The maximum absolute atomic E-state index is 5.93. The third-order valence-electron chi connectivity index (χ3n) is 2.96. The van der Waals surface area contributed by atoms with Crippen LogP contribution in [0.1, 0.15) is 32.3 Å². The fraction of sp³-hybridized carbons (Fsp3) is 0.571. The molecule has 1 rings (SSSR count). The molecule has 0 aliphatic heterocycles. The van der Waals surface area contributed by atoms with Crippen molar-refractivity contribution < 1.29 is 4.74 Å². The van der Waals surface area contributed by atoms with Gasteiger partial charge in [-0.05, 0) is 49.4 Å². The Labute approximate surface area is 109 Å². The average Bonchev–Trinajstić information content (AvgIpc) is 2.29. The van der Waals surface area contributed by atoms with E-state index in [0.29, 0.717) is 18.2 Å². The largest absolute Gasteiger partial charge is 0.493 e. The summed E-state index contributed by atoms with van der Waals surface area (Å²) in [6, 6.07) is 5.72. The van der Waals surface area contributed by atoms with E-state index in [-0.39, 0.29) is 5.41 Å². The van der Waals surface area contributed by atoms with E-state index in [0.717, 1.165) is 24.2 Å². The van der Waals surface area contributed by atoms with Gasteiger partial charge in [-0.1, -0.05) is 31.5 Å². The van der Waals surface area contributed by atoms with E-state index in [1.807, 2.05) is 25.1 Å². The molecular weight excluding hydrogens is 234 g/mol. The molecule has 0 spiro atoms. The molecule has 0 heterocycles. The number of ether oxygens (including phenoxy) is 1. The third-order valence-corrected chi connectivity index (χ3v) is 3.19. The topological polar surface area (TPSA) is 35.2 Å². The molecule has 0 saturated carbocycles. The highest BCUT2D eigenvalue weighted by Crippen LogP contribution is 2.24. The molecule has 96 valence electrons. The molecule has 17 heavy (non-hydrogen) atoms. The van der Waals surface area contributed by atoms with Gasteiger partial charge >= 0.3 is 0 Å². The Bertz CT molecular complexity index is 363. The molecule has 0 radical (unpaired) electrons. The van der Waals surface area contributed by atoms with Gasteiger partial charge in [0.15, 0.2) is 0 Å². The Kier molecular flexibility index (Phi) is 5.29. The van der Waals surface area contributed by atoms with Crippen LogP contribution in [0.4, 0.5) is 0 Å². The first-order chi connectivity index (χ1) is 7.94. The maximum Gasteiger partial charge on any atom is 0.123 e. The highest BCUT2D eigenvalue weighted by molar-refractivity contribution is 6.30. The van der Waals surface area contributed by atoms with Gasteiger partial charge in [-0.2, -0.15) is 0 Å². The Morgan fingerprint density at radius 3 is 2.71 bits per heavy atom. The zero-order valence-corrected chi connectivity index (χ0v) is 11.7. The Balaban J connectivity index is 2.38. The molecule has 0 fully saturated rings. The summed E-state index contributed by atoms with van der Waals surface area (Å²) >= 11 is 5.93. The van der Waals surface area contributed by atoms with Gasteiger partial charge in [-0.25, -0.2) is 0 Å². The second-order valence-corrected chi connectivity index (χ2v) is 5.67. The van der Waals surface area contributed by atoms with Gasteiger partial charge in [0.1, 0.15) is 5.75 Å². The third kappa shape index (κ3) is 4.97. The molecule has 0 aliphatic rings. The first kappa shape index (κ1) is 14.3. The van der Waals surface area contributed by atoms with Crippen molar-refractivity contribution in [2.24, 2.45) is 11.1 Å². The number of hydrogen-bond acceptors (Lipinski definition) is 2. The van der Waals surface area contributed by atoms with Crippen molar-refractivity contribution in [3.63, 3.8) is 0 Å². The van der Waals surface area contributed by atoms with Crippen molar-refractivity contribution in [2.45, 2.75) is 33.6 Å². The summed E-state index contributed by atoms with van der Waals surface area (Å²) in [4.78, 5) is 0. The minimum atomic E-state index is 0.201. The second-order valence-electron chi connectivity index (χ2n) is 5.23. The highest BCUT2D eigenvalue weighted by Gasteiger charge is 2.14. The van der Waals surface area contributed by atoms with E-state index < -0.39 is 0 Å². The quantitative estimate of drug-likeness (QED) is 0.785. The summed E-state index contributed by atoms with van der Waals surface area (Å²) in [7, 11) is 0. The van der Waals surface area contributed by atoms with E-state index in [2.05, 4.69) is 13.8 Å². The second kappa shape index (κ2) is 6.27. The SMILES string of the molecule is Cc1ccc(Cl)cc1OCCCC(C)(C)CN. The van der Waals surface area contributed by atoms with Crippen molar-refractivity contribution in [3.05, 3.63) is 28.8 Å². The zero-order valence-electron chi connectivity index (χ0n) is 10.9. The lowest BCUT2D eigenvalue weighted by molar-refractivity contribution is 0.260. The lowest BCUT2D eigenvalue weighted by atomic mass is 9.88. The Hall–Kier alpha value is -0.730. The summed E-state index contributed by atoms with van der Waals surface area (Å²) in [5.74, 6) is 0.878. The van der Waals surface area contributed by atoms with Gasteiger partial charge in [0.05, 0.1) is 6.61 Å². The Morgan fingerprint density at radius 1 is 1.35 bits per heavy atom. The summed E-state index contributed by atoms with van der Waals surface area (Å²) in [5, 5.41) is 0.716. The molecule has 0 atom stereocenters. The number of hydrogen-bond donors (Lipinski definition) is 1. The molecule has 2 N–H and O–H groups in total. The molecule has 0 bridgehead atoms. The van der Waals surface area contributed by atoms with Crippen LogP contribution in [0, 0.1) is 12.3 Å². The Morgan fingerprint density at radius 2 is 2.06 bits per heavy atom. The van der Waals surface area contributed by atoms with Crippen LogP contribution in [-0.2, 0) is 0 Å². The molecule has 1 aromatic rings. The molecule has 1 aromatic carbocycles. The minimum absolute atomic E-state index is 0.201. The zero-order chi connectivity index (χ0) is 12.9. The summed E-state index contributed by atoms with van der Waals surface area (Å²) in [6.45, 7) is 7.80. The number of benzene rings is 1. The summed E-state index contributed by atoms with van der Waals surface area (Å²) < 4.78 is 5.73. The molecule has 0 saturated heterocycles. The van der Waals surface area contributed by atoms with Crippen LogP contribution in [0.3, 0.4) is 0 Å². The van der Waals surface area contributed by atoms with Crippen molar-refractivity contribution >= 4 is 11.6 Å². The van der Waals surface area contributed by atoms with Crippen molar-refractivity contribution in [3.8, 4) is 5.75 Å². The van der Waals surface area contributed by atoms with E-state index in [1.54, 1.807) is 0 Å². The van der Waals surface area contributed by atoms with Gasteiger partial charge in [-0.3, -0.25) is 0 Å². The smallest absolute Gasteiger partial charge is 0.123 e. The van der Waals surface area contributed by atoms with Gasteiger partial charge in [0.2, 0.25) is 0 Å². The fourth-order valence-corrected chi connectivity index (χ4v) is 1.73. The molecular formula is C14H22ClNO. The lowest BCUT2D eigenvalue weighted by Crippen LogP contribution is -2.24. The van der Waals surface area contributed by atoms with Crippen LogP contribution in [-0.4, -0.2) is 13.2 Å². The van der Waals surface area contributed by atoms with Crippen molar-refractivity contribution in [1.82, 2.24) is 0 Å². The van der Waals surface area contributed by atoms with Crippen LogP contribution < -0.4 is 10.5 Å². The summed E-state index contributed by atoms with van der Waals surface area (Å²) in [5.41, 5.74) is 7.00. The van der Waals surface area contributed by atoms with Crippen LogP contribution in [0.25, 0.3) is 0 Å². The molecule has 0 aliphatic carbocycles. The molecule has 0 amide bonds. The van der Waals surface area contributed by atoms with Crippen LogP contribution in [0.15, 0.2) is 18.2 Å². The number of nitrogens with two attached hydrogens (primary N) is 1. The van der Waals surface area contributed by atoms with Crippen LogP contribution in [0.2, 0.25) is 5.02 Å². The maximum atomic E-state index is 5.93. The van der Waals surface area contributed by atoms with Crippen LogP contribution >= 0.6 is 11.6 Å². The molecule has 2 nitrogen and oxygen atoms in total. The number of rotatable bonds is 6.